The van der Waals surface area contributed by atoms with E-state index in [4.69, 9.17) is 9.47 Å². The Labute approximate surface area is 187 Å². The highest BCUT2D eigenvalue weighted by Crippen LogP contribution is 2.18. The first-order valence-corrected chi connectivity index (χ1v) is 11.6. The van der Waals surface area contributed by atoms with Crippen molar-refractivity contribution in [3.8, 4) is 0 Å². The molecule has 0 aliphatic carbocycles. The Hall–Kier alpha value is -3.08. The van der Waals surface area contributed by atoms with E-state index < -0.39 is 44.5 Å². The molecule has 0 radical (unpaired) electrons. The van der Waals surface area contributed by atoms with Crippen LogP contribution in [0.15, 0.2) is 42.1 Å². The minimum Gasteiger partial charge on any atom is -0.464 e. The monoisotopic (exact) mass is 468 g/mol. The molecule has 1 N–H and O–H groups in total. The van der Waals surface area contributed by atoms with Crippen molar-refractivity contribution in [2.75, 3.05) is 26.0 Å². The number of hydrogen-bond acceptors (Lipinski definition) is 8. The fraction of sp³-hybridized carbons (Fsp3) is 0.476. The largest absolute Gasteiger partial charge is 0.464 e. The van der Waals surface area contributed by atoms with Crippen LogP contribution >= 0.6 is 0 Å². The number of carbonyl (C=O) groups excluding carboxylic acids is 3. The van der Waals surface area contributed by atoms with Crippen LogP contribution < -0.4 is 5.32 Å². The highest BCUT2D eigenvalue weighted by Gasteiger charge is 2.36. The minimum atomic E-state index is -3.69. The molecule has 0 spiro atoms. The van der Waals surface area contributed by atoms with Crippen LogP contribution in [0, 0.1) is 0 Å². The molecule has 1 fully saturated rings. The zero-order valence-corrected chi connectivity index (χ0v) is 19.3. The van der Waals surface area contributed by atoms with Gasteiger partial charge in [-0.25, -0.2) is 22.8 Å². The second-order valence-corrected chi connectivity index (χ2v) is 10.4. The average Bonchev–Trinajstić information content (AvgIpc) is 2.71. The van der Waals surface area contributed by atoms with Crippen LogP contribution in [0.25, 0.3) is 0 Å². The molecule has 1 heterocycles. The van der Waals surface area contributed by atoms with Crippen LogP contribution in [0.3, 0.4) is 0 Å². The molecule has 1 aromatic carbocycles. The summed E-state index contributed by atoms with van der Waals surface area (Å²) in [5.74, 6) is -1.27. The van der Waals surface area contributed by atoms with E-state index in [1.165, 1.54) is 4.90 Å². The third-order valence-electron chi connectivity index (χ3n) is 4.37. The van der Waals surface area contributed by atoms with Crippen LogP contribution in [0.4, 0.5) is 9.59 Å². The molecule has 1 aliphatic rings. The number of sulfone groups is 1. The van der Waals surface area contributed by atoms with Crippen molar-refractivity contribution < 1.29 is 37.0 Å². The van der Waals surface area contributed by atoms with Gasteiger partial charge in [-0.2, -0.15) is 0 Å². The molecule has 2 rings (SSSR count). The lowest BCUT2D eigenvalue weighted by Crippen LogP contribution is -2.50. The summed E-state index contributed by atoms with van der Waals surface area (Å²) in [7, 11) is -2.59. The summed E-state index contributed by atoms with van der Waals surface area (Å²) in [4.78, 5) is 37.9. The predicted molar refractivity (Wildman–Crippen MR) is 115 cm³/mol. The Balaban J connectivity index is 2.15. The highest BCUT2D eigenvalue weighted by molar-refractivity contribution is 7.92. The first-order valence-electron chi connectivity index (χ1n) is 9.88. The smallest absolute Gasteiger partial charge is 0.412 e. The summed E-state index contributed by atoms with van der Waals surface area (Å²) >= 11 is 0. The van der Waals surface area contributed by atoms with Crippen molar-refractivity contribution >= 4 is 28.0 Å². The molecule has 2 amide bonds. The maximum absolute atomic E-state index is 12.6. The van der Waals surface area contributed by atoms with Gasteiger partial charge in [0, 0.05) is 13.1 Å². The Morgan fingerprint density at radius 2 is 1.84 bits per heavy atom. The molecule has 0 bridgehead atoms. The molecular weight excluding hydrogens is 440 g/mol. The van der Waals surface area contributed by atoms with E-state index in [1.807, 2.05) is 6.07 Å². The van der Waals surface area contributed by atoms with Crippen LogP contribution in [0.1, 0.15) is 26.3 Å². The summed E-state index contributed by atoms with van der Waals surface area (Å²) < 4.78 is 40.1. The number of hydrogen-bond donors (Lipinski definition) is 1. The highest BCUT2D eigenvalue weighted by atomic mass is 32.2. The van der Waals surface area contributed by atoms with Gasteiger partial charge in [-0.1, -0.05) is 30.3 Å². The fourth-order valence-electron chi connectivity index (χ4n) is 2.79. The van der Waals surface area contributed by atoms with Gasteiger partial charge in [-0.3, -0.25) is 5.32 Å². The normalized spacial score (nSPS) is 18.4. The summed E-state index contributed by atoms with van der Waals surface area (Å²) in [6.45, 7) is 4.77. The molecule has 32 heavy (non-hydrogen) atoms. The lowest BCUT2D eigenvalue weighted by atomic mass is 10.2. The maximum atomic E-state index is 12.6. The van der Waals surface area contributed by atoms with E-state index in [9.17, 15) is 22.8 Å². The van der Waals surface area contributed by atoms with Gasteiger partial charge in [0.05, 0.1) is 18.1 Å². The molecule has 1 aliphatic heterocycles. The lowest BCUT2D eigenvalue weighted by molar-refractivity contribution is -0.136. The lowest BCUT2D eigenvalue weighted by Gasteiger charge is -2.33. The SMILES string of the molecule is COC(=O)C(=CC1CN(C(=O)OC(C)(C)C)CCS1(=O)=O)NC(=O)OCc1ccccc1. The van der Waals surface area contributed by atoms with E-state index >= 15 is 0 Å². The quantitative estimate of drug-likeness (QED) is 0.395. The Morgan fingerprint density at radius 1 is 1.19 bits per heavy atom. The van der Waals surface area contributed by atoms with Gasteiger partial charge in [0.15, 0.2) is 9.84 Å². The average molecular weight is 469 g/mol. The number of nitrogens with one attached hydrogen (secondary N) is 1. The number of amides is 2. The number of esters is 1. The van der Waals surface area contributed by atoms with Crippen LogP contribution in [0.2, 0.25) is 0 Å². The molecule has 1 saturated heterocycles. The van der Waals surface area contributed by atoms with Crippen molar-refractivity contribution in [2.24, 2.45) is 0 Å². The van der Waals surface area contributed by atoms with Gasteiger partial charge < -0.3 is 19.1 Å². The maximum Gasteiger partial charge on any atom is 0.412 e. The van der Waals surface area contributed by atoms with Crippen molar-refractivity contribution in [3.05, 3.63) is 47.7 Å². The number of alkyl carbamates (subject to hydrolysis) is 1. The number of rotatable bonds is 5. The van der Waals surface area contributed by atoms with Crippen LogP contribution in [-0.2, 0) is 35.4 Å². The van der Waals surface area contributed by atoms with E-state index in [1.54, 1.807) is 45.0 Å². The number of methoxy groups -OCH3 is 1. The molecule has 1 aromatic rings. The summed E-state index contributed by atoms with van der Waals surface area (Å²) in [6, 6.07) is 8.88. The van der Waals surface area contributed by atoms with Gasteiger partial charge in [-0.05, 0) is 32.4 Å². The number of ether oxygens (including phenoxy) is 3. The van der Waals surface area contributed by atoms with Gasteiger partial charge in [0.2, 0.25) is 0 Å². The van der Waals surface area contributed by atoms with Crippen LogP contribution in [0.5, 0.6) is 0 Å². The molecule has 10 nitrogen and oxygen atoms in total. The van der Waals surface area contributed by atoms with E-state index in [-0.39, 0.29) is 25.4 Å². The van der Waals surface area contributed by atoms with E-state index in [0.29, 0.717) is 0 Å². The van der Waals surface area contributed by atoms with Gasteiger partial charge >= 0.3 is 18.2 Å². The third kappa shape index (κ3) is 7.56. The Bertz CT molecular complexity index is 967. The summed E-state index contributed by atoms with van der Waals surface area (Å²) in [5, 5.41) is 0.988. The zero-order valence-electron chi connectivity index (χ0n) is 18.5. The first kappa shape index (κ1) is 25.2. The van der Waals surface area contributed by atoms with Crippen molar-refractivity contribution in [1.82, 2.24) is 10.2 Å². The zero-order chi connectivity index (χ0) is 23.9. The summed E-state index contributed by atoms with van der Waals surface area (Å²) in [6.07, 6.45) is -0.565. The summed E-state index contributed by atoms with van der Waals surface area (Å²) in [5.41, 5.74) is -0.417. The second kappa shape index (κ2) is 10.5. The number of nitrogens with zero attached hydrogens (tertiary/aromatic N) is 1. The van der Waals surface area contributed by atoms with Crippen molar-refractivity contribution in [2.45, 2.75) is 38.2 Å². The van der Waals surface area contributed by atoms with Gasteiger partial charge in [0.1, 0.15) is 17.9 Å². The molecule has 1 atom stereocenters. The molecule has 0 aromatic heterocycles. The predicted octanol–water partition coefficient (Wildman–Crippen LogP) is 2.00. The second-order valence-electron chi connectivity index (χ2n) is 8.09. The number of benzene rings is 1. The molecule has 11 heteroatoms. The number of carbonyl (C=O) groups is 3. The minimum absolute atomic E-state index is 0.0400. The first-order chi connectivity index (χ1) is 14.9. The fourth-order valence-corrected chi connectivity index (χ4v) is 4.31. The topological polar surface area (TPSA) is 128 Å². The van der Waals surface area contributed by atoms with E-state index in [2.05, 4.69) is 10.1 Å². The Kier molecular flexibility index (Phi) is 8.25. The van der Waals surface area contributed by atoms with Crippen molar-refractivity contribution in [3.63, 3.8) is 0 Å². The molecule has 176 valence electrons. The van der Waals surface area contributed by atoms with Gasteiger partial charge in [-0.15, -0.1) is 0 Å². The van der Waals surface area contributed by atoms with Gasteiger partial charge in [0.25, 0.3) is 0 Å². The molecular formula is C21H28N2O8S. The van der Waals surface area contributed by atoms with Crippen LogP contribution in [-0.4, -0.2) is 68.3 Å². The van der Waals surface area contributed by atoms with Crippen molar-refractivity contribution in [1.29, 1.82) is 0 Å². The third-order valence-corrected chi connectivity index (χ3v) is 6.33. The molecule has 0 saturated carbocycles. The standard InChI is InChI=1S/C21H28N2O8S/c1-21(2,3)31-20(26)23-10-11-32(27,28)16(13-23)12-17(18(24)29-4)22-19(25)30-14-15-8-6-5-7-9-15/h5-9,12,16H,10-11,13-14H2,1-4H3,(H,22,25). The van der Waals surface area contributed by atoms with E-state index in [0.717, 1.165) is 18.7 Å². The molecule has 1 unspecified atom stereocenters. The Morgan fingerprint density at radius 3 is 2.44 bits per heavy atom.